The van der Waals surface area contributed by atoms with Gasteiger partial charge in [0.05, 0.1) is 11.4 Å². The number of fused-ring (bicyclic) bond motifs is 2. The average Bonchev–Trinajstić information content (AvgIpc) is 3.42. The van der Waals surface area contributed by atoms with E-state index in [0.717, 1.165) is 50.1 Å². The summed E-state index contributed by atoms with van der Waals surface area (Å²) in [5, 5.41) is 6.43. The molecule has 4 rings (SSSR count). The molecule has 0 saturated carbocycles. The lowest BCUT2D eigenvalue weighted by Crippen LogP contribution is -2.41. The molecule has 7 nitrogen and oxygen atoms in total. The van der Waals surface area contributed by atoms with Crippen molar-refractivity contribution in [2.45, 2.75) is 51.7 Å². The third kappa shape index (κ3) is 5.32. The molecule has 0 saturated heterocycles. The predicted octanol–water partition coefficient (Wildman–Crippen LogP) is 3.37. The Hall–Kier alpha value is -2.71. The first kappa shape index (κ1) is 21.5. The van der Waals surface area contributed by atoms with Crippen LogP contribution in [0.25, 0.3) is 10.9 Å². The monoisotopic (exact) mass is 438 g/mol. The minimum absolute atomic E-state index is 0.0599. The fourth-order valence-electron chi connectivity index (χ4n) is 4.00. The first-order chi connectivity index (χ1) is 15.1. The number of aromatic nitrogens is 3. The van der Waals surface area contributed by atoms with E-state index in [9.17, 15) is 4.79 Å². The number of nitrogens with zero attached hydrogens (tertiary/aromatic N) is 3. The summed E-state index contributed by atoms with van der Waals surface area (Å²) >= 11 is 4.44. The number of hydrazine groups is 1. The van der Waals surface area contributed by atoms with Gasteiger partial charge in [-0.25, -0.2) is 9.99 Å². The number of imidazole rings is 1. The van der Waals surface area contributed by atoms with E-state index >= 15 is 0 Å². The van der Waals surface area contributed by atoms with Crippen LogP contribution in [0, 0.1) is 0 Å². The highest BCUT2D eigenvalue weighted by Crippen LogP contribution is 2.20. The van der Waals surface area contributed by atoms with Gasteiger partial charge >= 0.3 is 0 Å². The zero-order chi connectivity index (χ0) is 21.6. The number of H-pyrrole nitrogens is 1. The van der Waals surface area contributed by atoms with Crippen molar-refractivity contribution in [1.82, 2.24) is 30.3 Å². The van der Waals surface area contributed by atoms with Gasteiger partial charge in [-0.2, -0.15) is 0 Å². The van der Waals surface area contributed by atoms with Crippen molar-refractivity contribution in [1.29, 1.82) is 0 Å². The second-order valence-corrected chi connectivity index (χ2v) is 8.48. The molecule has 1 aliphatic rings. The standard InChI is InChI=1S/C23H30N6OS/c1-2-3-6-18(13-17-14-25-20-8-5-4-7-19(17)20)27-23(30)21(31)15-26-29-12-11-28-10-9-24-22(28)16-29/h4-5,7-10,14-15,18,25-26,31H,2-3,6,11-13,16H2,1H3,(H,27,30)/b21-15-. The maximum absolute atomic E-state index is 12.8. The summed E-state index contributed by atoms with van der Waals surface area (Å²) in [6, 6.07) is 8.33. The van der Waals surface area contributed by atoms with Crippen molar-refractivity contribution in [3.63, 3.8) is 0 Å². The molecule has 0 spiro atoms. The molecule has 3 heterocycles. The molecule has 8 heteroatoms. The van der Waals surface area contributed by atoms with Gasteiger partial charge in [-0.3, -0.25) is 4.79 Å². The van der Waals surface area contributed by atoms with Crippen LogP contribution in [-0.2, 0) is 24.3 Å². The Kier molecular flexibility index (Phi) is 6.99. The highest BCUT2D eigenvalue weighted by molar-refractivity contribution is 7.85. The number of hydrogen-bond acceptors (Lipinski definition) is 5. The quantitative estimate of drug-likeness (QED) is 0.305. The van der Waals surface area contributed by atoms with E-state index in [0.29, 0.717) is 11.4 Å². The number of thiol groups is 1. The molecule has 3 aromatic rings. The first-order valence-electron chi connectivity index (χ1n) is 10.9. The number of benzene rings is 1. The number of carbonyl (C=O) groups excluding carboxylic acids is 1. The lowest BCUT2D eigenvalue weighted by molar-refractivity contribution is -0.117. The topological polar surface area (TPSA) is 78.0 Å². The van der Waals surface area contributed by atoms with Gasteiger partial charge in [0, 0.05) is 54.8 Å². The second kappa shape index (κ2) is 10.1. The van der Waals surface area contributed by atoms with Crippen LogP contribution < -0.4 is 10.7 Å². The summed E-state index contributed by atoms with van der Waals surface area (Å²) in [6.45, 7) is 4.56. The lowest BCUT2D eigenvalue weighted by Gasteiger charge is -2.27. The van der Waals surface area contributed by atoms with Crippen LogP contribution >= 0.6 is 12.6 Å². The van der Waals surface area contributed by atoms with Crippen LogP contribution in [0.3, 0.4) is 0 Å². The van der Waals surface area contributed by atoms with E-state index in [1.54, 1.807) is 6.20 Å². The normalized spacial score (nSPS) is 15.6. The van der Waals surface area contributed by atoms with Gasteiger partial charge in [0.1, 0.15) is 5.82 Å². The molecule has 0 bridgehead atoms. The number of rotatable bonds is 9. The van der Waals surface area contributed by atoms with Crippen molar-refractivity contribution in [2.24, 2.45) is 0 Å². The molecule has 1 unspecified atom stereocenters. The van der Waals surface area contributed by atoms with E-state index in [1.807, 2.05) is 29.5 Å². The first-order valence-corrected chi connectivity index (χ1v) is 11.3. The molecule has 3 N–H and O–H groups in total. The Morgan fingerprint density at radius 2 is 2.23 bits per heavy atom. The van der Waals surface area contributed by atoms with Gasteiger partial charge in [0.25, 0.3) is 5.91 Å². The molecular formula is C23H30N6OS. The van der Waals surface area contributed by atoms with Crippen LogP contribution in [0.4, 0.5) is 0 Å². The molecule has 0 fully saturated rings. The van der Waals surface area contributed by atoms with Crippen LogP contribution in [0.15, 0.2) is 54.0 Å². The van der Waals surface area contributed by atoms with Crippen molar-refractivity contribution in [3.8, 4) is 0 Å². The molecule has 31 heavy (non-hydrogen) atoms. The Bertz CT molecular complexity index is 1060. The number of aromatic amines is 1. The fraction of sp³-hybridized carbons (Fsp3) is 0.391. The largest absolute Gasteiger partial charge is 0.361 e. The number of unbranched alkanes of at least 4 members (excludes halogenated alkanes) is 1. The van der Waals surface area contributed by atoms with E-state index in [1.165, 1.54) is 10.9 Å². The number of hydrogen-bond donors (Lipinski definition) is 4. The molecule has 1 amide bonds. The number of para-hydroxylation sites is 1. The summed E-state index contributed by atoms with van der Waals surface area (Å²) < 4.78 is 2.14. The number of nitrogens with one attached hydrogen (secondary N) is 3. The minimum Gasteiger partial charge on any atom is -0.361 e. The Balaban J connectivity index is 1.36. The minimum atomic E-state index is -0.157. The summed E-state index contributed by atoms with van der Waals surface area (Å²) in [4.78, 5) is 20.8. The van der Waals surface area contributed by atoms with Crippen molar-refractivity contribution in [2.75, 3.05) is 6.54 Å². The maximum atomic E-state index is 12.8. The molecule has 164 valence electrons. The van der Waals surface area contributed by atoms with Crippen LogP contribution in [-0.4, -0.2) is 38.0 Å². The number of amides is 1. The van der Waals surface area contributed by atoms with E-state index < -0.39 is 0 Å². The summed E-state index contributed by atoms with van der Waals surface area (Å²) in [5.41, 5.74) is 5.54. The highest BCUT2D eigenvalue weighted by atomic mass is 32.1. The number of carbonyl (C=O) groups is 1. The molecule has 1 aromatic carbocycles. The zero-order valence-electron chi connectivity index (χ0n) is 17.8. The fourth-order valence-corrected chi connectivity index (χ4v) is 4.13. The average molecular weight is 439 g/mol. The second-order valence-electron chi connectivity index (χ2n) is 7.99. The summed E-state index contributed by atoms with van der Waals surface area (Å²) in [7, 11) is 0. The lowest BCUT2D eigenvalue weighted by atomic mass is 10.0. The van der Waals surface area contributed by atoms with Crippen molar-refractivity contribution >= 4 is 29.4 Å². The van der Waals surface area contributed by atoms with Gasteiger partial charge in [-0.1, -0.05) is 38.0 Å². The SMILES string of the molecule is CCCCC(Cc1c[nH]c2ccccc12)NC(=O)/C(S)=C/NN1CCn2ccnc2C1. The van der Waals surface area contributed by atoms with Gasteiger partial charge in [-0.05, 0) is 24.5 Å². The van der Waals surface area contributed by atoms with E-state index in [-0.39, 0.29) is 11.9 Å². The zero-order valence-corrected chi connectivity index (χ0v) is 18.7. The van der Waals surface area contributed by atoms with Gasteiger partial charge in [0.15, 0.2) is 0 Å². The third-order valence-corrected chi connectivity index (χ3v) is 6.08. The molecule has 2 aromatic heterocycles. The molecule has 1 atom stereocenters. The third-order valence-electron chi connectivity index (χ3n) is 5.74. The van der Waals surface area contributed by atoms with Crippen molar-refractivity contribution < 1.29 is 4.79 Å². The predicted molar refractivity (Wildman–Crippen MR) is 126 cm³/mol. The smallest absolute Gasteiger partial charge is 0.259 e. The maximum Gasteiger partial charge on any atom is 0.259 e. The molecule has 1 aliphatic heterocycles. The Morgan fingerprint density at radius 3 is 3.10 bits per heavy atom. The van der Waals surface area contributed by atoms with E-state index in [2.05, 4.69) is 63.2 Å². The van der Waals surface area contributed by atoms with Crippen molar-refractivity contribution in [3.05, 3.63) is 65.3 Å². The molecule has 0 aliphatic carbocycles. The van der Waals surface area contributed by atoms with Gasteiger partial charge in [0.2, 0.25) is 0 Å². The van der Waals surface area contributed by atoms with Gasteiger partial charge in [-0.15, -0.1) is 12.6 Å². The Morgan fingerprint density at radius 1 is 1.35 bits per heavy atom. The molecule has 0 radical (unpaired) electrons. The highest BCUT2D eigenvalue weighted by Gasteiger charge is 2.18. The van der Waals surface area contributed by atoms with Crippen LogP contribution in [0.1, 0.15) is 37.6 Å². The summed E-state index contributed by atoms with van der Waals surface area (Å²) in [5.74, 6) is 0.853. The molecular weight excluding hydrogens is 408 g/mol. The van der Waals surface area contributed by atoms with E-state index in [4.69, 9.17) is 0 Å². The van der Waals surface area contributed by atoms with Crippen LogP contribution in [0.5, 0.6) is 0 Å². The van der Waals surface area contributed by atoms with Gasteiger partial charge < -0.3 is 20.3 Å². The van der Waals surface area contributed by atoms with Crippen LogP contribution in [0.2, 0.25) is 0 Å². The Labute approximate surface area is 188 Å². The summed E-state index contributed by atoms with van der Waals surface area (Å²) in [6.07, 6.45) is 11.4.